The molecule has 0 aliphatic carbocycles. The fourth-order valence-corrected chi connectivity index (χ4v) is 5.75. The molecule has 0 radical (unpaired) electrons. The minimum atomic E-state index is 0.0249. The van der Waals surface area contributed by atoms with Gasteiger partial charge in [-0.2, -0.15) is 0 Å². The first-order chi connectivity index (χ1) is 20.5. The van der Waals surface area contributed by atoms with Crippen LogP contribution in [0.3, 0.4) is 0 Å². The summed E-state index contributed by atoms with van der Waals surface area (Å²) in [5.74, 6) is 0.256. The van der Waals surface area contributed by atoms with Crippen molar-refractivity contribution in [1.82, 2.24) is 4.90 Å². The van der Waals surface area contributed by atoms with Crippen LogP contribution in [0.2, 0.25) is 0 Å². The monoisotopic (exact) mass is 596 g/mol. The van der Waals surface area contributed by atoms with Gasteiger partial charge in [0.1, 0.15) is 0 Å². The number of nitrogens with zero attached hydrogens (tertiary/aromatic N) is 1. The quantitative estimate of drug-likeness (QED) is 0.0572. The van der Waals surface area contributed by atoms with Crippen LogP contribution < -0.4 is 0 Å². The Labute approximate surface area is 262 Å². The average molecular weight is 596 g/mol. The maximum absolute atomic E-state index is 12.2. The van der Waals surface area contributed by atoms with Gasteiger partial charge in [0.15, 0.2) is 0 Å². The summed E-state index contributed by atoms with van der Waals surface area (Å²) in [5, 5.41) is 0. The first-order valence-electron chi connectivity index (χ1n) is 18.6. The molecule has 0 aromatic rings. The normalized spacial score (nSPS) is 12.9. The van der Waals surface area contributed by atoms with E-state index in [0.717, 1.165) is 64.2 Å². The maximum atomic E-state index is 12.2. The number of carbonyl (C=O) groups is 2. The third kappa shape index (κ3) is 24.4. The third-order valence-electron chi connectivity index (χ3n) is 8.73. The van der Waals surface area contributed by atoms with Crippen molar-refractivity contribution < 1.29 is 19.1 Å². The molecule has 0 aromatic heterocycles. The summed E-state index contributed by atoms with van der Waals surface area (Å²) >= 11 is 0. The lowest BCUT2D eigenvalue weighted by molar-refractivity contribution is -0.150. The molecule has 0 amide bonds. The van der Waals surface area contributed by atoms with Gasteiger partial charge >= 0.3 is 11.9 Å². The van der Waals surface area contributed by atoms with E-state index < -0.39 is 0 Å². The fourth-order valence-electron chi connectivity index (χ4n) is 5.75. The number of rotatable bonds is 32. The van der Waals surface area contributed by atoms with Crippen molar-refractivity contribution in [2.75, 3.05) is 32.8 Å². The molecule has 0 fully saturated rings. The summed E-state index contributed by atoms with van der Waals surface area (Å²) in [6, 6.07) is 0. The van der Waals surface area contributed by atoms with E-state index in [9.17, 15) is 9.59 Å². The van der Waals surface area contributed by atoms with E-state index in [1.807, 2.05) is 0 Å². The predicted octanol–water partition coefficient (Wildman–Crippen LogP) is 10.7. The van der Waals surface area contributed by atoms with Crippen LogP contribution >= 0.6 is 0 Å². The Morgan fingerprint density at radius 2 is 0.810 bits per heavy atom. The molecule has 0 saturated carbocycles. The van der Waals surface area contributed by atoms with Crippen LogP contribution in [0.15, 0.2) is 0 Å². The van der Waals surface area contributed by atoms with Gasteiger partial charge in [0.05, 0.1) is 25.0 Å². The highest BCUT2D eigenvalue weighted by molar-refractivity contribution is 5.72. The molecule has 0 rings (SSSR count). The van der Waals surface area contributed by atoms with Crippen molar-refractivity contribution in [1.29, 1.82) is 0 Å². The fraction of sp³-hybridized carbons (Fsp3) is 0.946. The molecule has 0 N–H and O–H groups in total. The van der Waals surface area contributed by atoms with Gasteiger partial charge in [0.25, 0.3) is 0 Å². The topological polar surface area (TPSA) is 55.8 Å². The zero-order valence-corrected chi connectivity index (χ0v) is 29.0. The summed E-state index contributed by atoms with van der Waals surface area (Å²) in [6.07, 6.45) is 26.9. The molecule has 0 heterocycles. The lowest BCUT2D eigenvalue weighted by Gasteiger charge is -2.21. The second-order valence-corrected chi connectivity index (χ2v) is 12.6. The standard InChI is InChI=1S/C37H73NO4/c1-6-11-27-34(9-4)36(39)41-32-25-21-17-13-15-19-23-30-38(29-8-3)31-24-20-16-14-18-22-26-33-42-37(40)35(10-5)28-12-7-2/h34-35H,6-33H2,1-5H3. The largest absolute Gasteiger partial charge is 0.465 e. The number of unbranched alkanes of at least 4 members (excludes halogenated alkanes) is 14. The van der Waals surface area contributed by atoms with E-state index in [-0.39, 0.29) is 23.8 Å². The number of esters is 2. The highest BCUT2D eigenvalue weighted by Crippen LogP contribution is 2.16. The molecule has 0 aliphatic rings. The van der Waals surface area contributed by atoms with Gasteiger partial charge in [-0.05, 0) is 77.4 Å². The van der Waals surface area contributed by atoms with E-state index >= 15 is 0 Å². The molecule has 0 aromatic carbocycles. The zero-order chi connectivity index (χ0) is 31.1. The Bertz CT molecular complexity index is 548. The van der Waals surface area contributed by atoms with Crippen molar-refractivity contribution in [3.8, 4) is 0 Å². The van der Waals surface area contributed by atoms with Crippen LogP contribution in [0.25, 0.3) is 0 Å². The molecule has 2 atom stereocenters. The second-order valence-electron chi connectivity index (χ2n) is 12.6. The third-order valence-corrected chi connectivity index (χ3v) is 8.73. The van der Waals surface area contributed by atoms with Crippen LogP contribution in [-0.4, -0.2) is 49.7 Å². The molecule has 0 aliphatic heterocycles. The van der Waals surface area contributed by atoms with Crippen molar-refractivity contribution in [2.24, 2.45) is 11.8 Å². The summed E-state index contributed by atoms with van der Waals surface area (Å²) in [7, 11) is 0. The lowest BCUT2D eigenvalue weighted by Crippen LogP contribution is -2.27. The second kappa shape index (κ2) is 31.3. The van der Waals surface area contributed by atoms with E-state index in [2.05, 4.69) is 39.5 Å². The summed E-state index contributed by atoms with van der Waals surface area (Å²) in [5.41, 5.74) is 0. The van der Waals surface area contributed by atoms with Crippen LogP contribution in [0.4, 0.5) is 0 Å². The van der Waals surface area contributed by atoms with Gasteiger partial charge in [-0.15, -0.1) is 0 Å². The predicted molar refractivity (Wildman–Crippen MR) is 180 cm³/mol. The maximum Gasteiger partial charge on any atom is 0.308 e. The van der Waals surface area contributed by atoms with Gasteiger partial charge in [-0.1, -0.05) is 125 Å². The van der Waals surface area contributed by atoms with E-state index in [1.165, 1.54) is 103 Å². The van der Waals surface area contributed by atoms with Crippen LogP contribution in [0.5, 0.6) is 0 Å². The number of hydrogen-bond acceptors (Lipinski definition) is 5. The van der Waals surface area contributed by atoms with Gasteiger partial charge in [0.2, 0.25) is 0 Å². The van der Waals surface area contributed by atoms with Crippen molar-refractivity contribution in [3.63, 3.8) is 0 Å². The molecule has 0 saturated heterocycles. The molecule has 42 heavy (non-hydrogen) atoms. The molecule has 250 valence electrons. The van der Waals surface area contributed by atoms with Crippen LogP contribution in [0, 0.1) is 11.8 Å². The molecule has 5 heteroatoms. The number of carbonyl (C=O) groups excluding carboxylic acids is 2. The van der Waals surface area contributed by atoms with Gasteiger partial charge in [-0.3, -0.25) is 9.59 Å². The van der Waals surface area contributed by atoms with Gasteiger partial charge in [0, 0.05) is 0 Å². The highest BCUT2D eigenvalue weighted by atomic mass is 16.5. The van der Waals surface area contributed by atoms with Crippen LogP contribution in [0.1, 0.15) is 182 Å². The smallest absolute Gasteiger partial charge is 0.308 e. The Morgan fingerprint density at radius 3 is 1.14 bits per heavy atom. The number of ether oxygens (including phenoxy) is 2. The van der Waals surface area contributed by atoms with Gasteiger partial charge < -0.3 is 14.4 Å². The van der Waals surface area contributed by atoms with Crippen molar-refractivity contribution in [3.05, 3.63) is 0 Å². The Morgan fingerprint density at radius 1 is 0.452 bits per heavy atom. The van der Waals surface area contributed by atoms with E-state index in [4.69, 9.17) is 9.47 Å². The first-order valence-corrected chi connectivity index (χ1v) is 18.6. The average Bonchev–Trinajstić information content (AvgIpc) is 2.99. The molecule has 2 unspecified atom stereocenters. The Kier molecular flexibility index (Phi) is 30.5. The summed E-state index contributed by atoms with van der Waals surface area (Å²) < 4.78 is 11.1. The molecular weight excluding hydrogens is 522 g/mol. The SMILES string of the molecule is CCCCC(CC)C(=O)OCCCCCCCCCN(CCC)CCCCCCCCCOC(=O)C(CC)CCCC. The Balaban J connectivity index is 3.66. The first kappa shape index (κ1) is 40.9. The summed E-state index contributed by atoms with van der Waals surface area (Å²) in [4.78, 5) is 27.0. The Hall–Kier alpha value is -1.10. The molecular formula is C37H73NO4. The molecule has 5 nitrogen and oxygen atoms in total. The van der Waals surface area contributed by atoms with E-state index in [0.29, 0.717) is 13.2 Å². The molecule has 0 bridgehead atoms. The molecule has 0 spiro atoms. The summed E-state index contributed by atoms with van der Waals surface area (Å²) in [6.45, 7) is 15.7. The van der Waals surface area contributed by atoms with Crippen molar-refractivity contribution in [2.45, 2.75) is 182 Å². The van der Waals surface area contributed by atoms with Crippen LogP contribution in [-0.2, 0) is 19.1 Å². The minimum absolute atomic E-state index is 0.0249. The highest BCUT2D eigenvalue weighted by Gasteiger charge is 2.17. The number of hydrogen-bond donors (Lipinski definition) is 0. The lowest BCUT2D eigenvalue weighted by atomic mass is 10.00. The zero-order valence-electron chi connectivity index (χ0n) is 29.0. The van der Waals surface area contributed by atoms with Crippen molar-refractivity contribution >= 4 is 11.9 Å². The van der Waals surface area contributed by atoms with Gasteiger partial charge in [-0.25, -0.2) is 0 Å². The minimum Gasteiger partial charge on any atom is -0.465 e. The van der Waals surface area contributed by atoms with E-state index in [1.54, 1.807) is 0 Å².